The van der Waals surface area contributed by atoms with Gasteiger partial charge in [0.15, 0.2) is 0 Å². The summed E-state index contributed by atoms with van der Waals surface area (Å²) in [6.45, 7) is 10.2. The molecule has 1 saturated heterocycles. The monoisotopic (exact) mass is 254 g/mol. The molecule has 1 atom stereocenters. The van der Waals surface area contributed by atoms with Crippen LogP contribution in [0.5, 0.6) is 0 Å². The minimum Gasteiger partial charge on any atom is -0.444 e. The van der Waals surface area contributed by atoms with Crippen LogP contribution in [0.25, 0.3) is 0 Å². The van der Waals surface area contributed by atoms with Gasteiger partial charge in [-0.25, -0.2) is 4.79 Å². The highest BCUT2D eigenvalue weighted by Crippen LogP contribution is 2.12. The molecule has 0 aromatic rings. The zero-order chi connectivity index (χ0) is 13.8. The Morgan fingerprint density at radius 1 is 1.44 bits per heavy atom. The summed E-state index contributed by atoms with van der Waals surface area (Å²) >= 11 is 0. The van der Waals surface area contributed by atoms with Crippen molar-refractivity contribution >= 4 is 12.0 Å². The van der Waals surface area contributed by atoms with E-state index in [9.17, 15) is 9.59 Å². The lowest BCUT2D eigenvalue weighted by Gasteiger charge is -2.33. The number of ether oxygens (including phenoxy) is 1. The van der Waals surface area contributed by atoms with Crippen molar-refractivity contribution in [2.24, 2.45) is 0 Å². The molecule has 1 heterocycles. The minimum absolute atomic E-state index is 0.0440. The smallest absolute Gasteiger partial charge is 0.407 e. The number of amides is 2. The molecule has 0 aliphatic carbocycles. The summed E-state index contributed by atoms with van der Waals surface area (Å²) in [4.78, 5) is 24.8. The Kier molecular flexibility index (Phi) is 4.76. The molecule has 1 aliphatic heterocycles. The predicted octanol–water partition coefficient (Wildman–Crippen LogP) is 1.69. The Morgan fingerprint density at radius 2 is 2.11 bits per heavy atom. The summed E-state index contributed by atoms with van der Waals surface area (Å²) in [6.07, 6.45) is 2.61. The van der Waals surface area contributed by atoms with E-state index in [2.05, 4.69) is 11.9 Å². The first-order valence-electron chi connectivity index (χ1n) is 6.22. The minimum atomic E-state index is -0.505. The van der Waals surface area contributed by atoms with E-state index in [1.54, 1.807) is 4.90 Å². The molecule has 0 saturated carbocycles. The van der Waals surface area contributed by atoms with Gasteiger partial charge in [0.05, 0.1) is 0 Å². The number of rotatable bonds is 2. The van der Waals surface area contributed by atoms with Gasteiger partial charge in [0.2, 0.25) is 5.91 Å². The maximum absolute atomic E-state index is 11.6. The second kappa shape index (κ2) is 5.89. The highest BCUT2D eigenvalue weighted by Gasteiger charge is 2.25. The molecule has 1 rings (SSSR count). The number of piperidine rings is 1. The van der Waals surface area contributed by atoms with Crippen LogP contribution in [-0.4, -0.2) is 41.6 Å². The quantitative estimate of drug-likeness (QED) is 0.763. The summed E-state index contributed by atoms with van der Waals surface area (Å²) in [5.41, 5.74) is -0.505. The van der Waals surface area contributed by atoms with E-state index in [1.807, 2.05) is 20.8 Å². The van der Waals surface area contributed by atoms with E-state index in [0.717, 1.165) is 19.4 Å². The lowest BCUT2D eigenvalue weighted by molar-refractivity contribution is -0.127. The Hall–Kier alpha value is -1.52. The highest BCUT2D eigenvalue weighted by molar-refractivity contribution is 5.87. The van der Waals surface area contributed by atoms with E-state index in [0.29, 0.717) is 6.54 Å². The van der Waals surface area contributed by atoms with E-state index in [1.165, 1.54) is 6.08 Å². The Bertz CT molecular complexity index is 334. The SMILES string of the molecule is C=CC(=O)N1CCC[C@H](NC(=O)OC(C)(C)C)C1. The normalized spacial score (nSPS) is 20.2. The molecule has 5 heteroatoms. The fourth-order valence-electron chi connectivity index (χ4n) is 1.90. The first kappa shape index (κ1) is 14.5. The fourth-order valence-corrected chi connectivity index (χ4v) is 1.90. The third kappa shape index (κ3) is 4.77. The van der Waals surface area contributed by atoms with Crippen molar-refractivity contribution in [2.45, 2.75) is 45.3 Å². The standard InChI is InChI=1S/C13H22N2O3/c1-5-11(16)15-8-6-7-10(9-15)14-12(17)18-13(2,3)4/h5,10H,1,6-9H2,2-4H3,(H,14,17)/t10-/m0/s1. The maximum Gasteiger partial charge on any atom is 0.407 e. The van der Waals surface area contributed by atoms with Crippen molar-refractivity contribution in [1.82, 2.24) is 10.2 Å². The average molecular weight is 254 g/mol. The Balaban J connectivity index is 2.45. The molecule has 5 nitrogen and oxygen atoms in total. The summed E-state index contributed by atoms with van der Waals surface area (Å²) in [7, 11) is 0. The number of nitrogens with zero attached hydrogens (tertiary/aromatic N) is 1. The van der Waals surface area contributed by atoms with Crippen molar-refractivity contribution in [1.29, 1.82) is 0 Å². The van der Waals surface area contributed by atoms with Gasteiger partial charge in [0, 0.05) is 19.1 Å². The number of likely N-dealkylation sites (tertiary alicyclic amines) is 1. The molecule has 0 radical (unpaired) electrons. The topological polar surface area (TPSA) is 58.6 Å². The molecule has 0 aromatic heterocycles. The van der Waals surface area contributed by atoms with Gasteiger partial charge in [-0.05, 0) is 39.7 Å². The third-order valence-electron chi connectivity index (χ3n) is 2.63. The van der Waals surface area contributed by atoms with Gasteiger partial charge >= 0.3 is 6.09 Å². The van der Waals surface area contributed by atoms with Gasteiger partial charge in [0.25, 0.3) is 0 Å². The summed E-state index contributed by atoms with van der Waals surface area (Å²) in [5.74, 6) is -0.0920. The van der Waals surface area contributed by atoms with Crippen LogP contribution >= 0.6 is 0 Å². The van der Waals surface area contributed by atoms with Crippen molar-refractivity contribution in [3.05, 3.63) is 12.7 Å². The van der Waals surface area contributed by atoms with E-state index in [-0.39, 0.29) is 11.9 Å². The number of carbonyl (C=O) groups excluding carboxylic acids is 2. The van der Waals surface area contributed by atoms with Crippen molar-refractivity contribution in [3.63, 3.8) is 0 Å². The van der Waals surface area contributed by atoms with Crippen LogP contribution in [0, 0.1) is 0 Å². The van der Waals surface area contributed by atoms with Crippen LogP contribution in [0.2, 0.25) is 0 Å². The Labute approximate surface area is 108 Å². The van der Waals surface area contributed by atoms with Gasteiger partial charge in [0.1, 0.15) is 5.60 Å². The van der Waals surface area contributed by atoms with Gasteiger partial charge in [-0.15, -0.1) is 0 Å². The molecular weight excluding hydrogens is 232 g/mol. The van der Waals surface area contributed by atoms with Crippen molar-refractivity contribution in [2.75, 3.05) is 13.1 Å². The van der Waals surface area contributed by atoms with Crippen LogP contribution in [0.1, 0.15) is 33.6 Å². The number of carbonyl (C=O) groups is 2. The fraction of sp³-hybridized carbons (Fsp3) is 0.692. The Morgan fingerprint density at radius 3 is 2.67 bits per heavy atom. The first-order chi connectivity index (χ1) is 8.31. The first-order valence-corrected chi connectivity index (χ1v) is 6.22. The van der Waals surface area contributed by atoms with E-state index >= 15 is 0 Å². The number of alkyl carbamates (subject to hydrolysis) is 1. The van der Waals surface area contributed by atoms with Crippen molar-refractivity contribution < 1.29 is 14.3 Å². The van der Waals surface area contributed by atoms with Gasteiger partial charge in [-0.2, -0.15) is 0 Å². The average Bonchev–Trinajstić information content (AvgIpc) is 2.25. The molecule has 1 aliphatic rings. The third-order valence-corrected chi connectivity index (χ3v) is 2.63. The molecule has 0 spiro atoms. The van der Waals surface area contributed by atoms with Crippen LogP contribution in [0.4, 0.5) is 4.79 Å². The number of nitrogens with one attached hydrogen (secondary N) is 1. The van der Waals surface area contributed by atoms with Gasteiger partial charge < -0.3 is 15.0 Å². The summed E-state index contributed by atoms with van der Waals surface area (Å²) in [5, 5.41) is 2.80. The molecule has 1 N–H and O–H groups in total. The van der Waals surface area contributed by atoms with Crippen molar-refractivity contribution in [3.8, 4) is 0 Å². The van der Waals surface area contributed by atoms with Gasteiger partial charge in [-0.1, -0.05) is 6.58 Å². The number of hydrogen-bond donors (Lipinski definition) is 1. The second-order valence-corrected chi connectivity index (χ2v) is 5.47. The lowest BCUT2D eigenvalue weighted by Crippen LogP contribution is -2.50. The molecule has 2 amide bonds. The van der Waals surface area contributed by atoms with Crippen LogP contribution in [-0.2, 0) is 9.53 Å². The number of hydrogen-bond acceptors (Lipinski definition) is 3. The molecule has 18 heavy (non-hydrogen) atoms. The van der Waals surface area contributed by atoms with Crippen LogP contribution in [0.15, 0.2) is 12.7 Å². The van der Waals surface area contributed by atoms with Gasteiger partial charge in [-0.3, -0.25) is 4.79 Å². The lowest BCUT2D eigenvalue weighted by atomic mass is 10.1. The molecule has 0 bridgehead atoms. The highest BCUT2D eigenvalue weighted by atomic mass is 16.6. The largest absolute Gasteiger partial charge is 0.444 e. The van der Waals surface area contributed by atoms with Crippen LogP contribution < -0.4 is 5.32 Å². The molecular formula is C13H22N2O3. The van der Waals surface area contributed by atoms with E-state index in [4.69, 9.17) is 4.74 Å². The zero-order valence-corrected chi connectivity index (χ0v) is 11.4. The van der Waals surface area contributed by atoms with E-state index < -0.39 is 11.7 Å². The predicted molar refractivity (Wildman–Crippen MR) is 69.2 cm³/mol. The molecule has 1 fully saturated rings. The maximum atomic E-state index is 11.6. The zero-order valence-electron chi connectivity index (χ0n) is 11.4. The second-order valence-electron chi connectivity index (χ2n) is 5.47. The molecule has 102 valence electrons. The summed E-state index contributed by atoms with van der Waals surface area (Å²) in [6, 6.07) is -0.0440. The van der Waals surface area contributed by atoms with Crippen LogP contribution in [0.3, 0.4) is 0 Å². The molecule has 0 aromatic carbocycles. The molecule has 0 unspecified atom stereocenters. The summed E-state index contributed by atoms with van der Waals surface area (Å²) < 4.78 is 5.19.